The van der Waals surface area contributed by atoms with Gasteiger partial charge in [0.25, 0.3) is 0 Å². The topological polar surface area (TPSA) is 37.3 Å². The Morgan fingerprint density at radius 1 is 1.31 bits per heavy atom. The smallest absolute Gasteiger partial charge is 0.303 e. The molecule has 0 spiro atoms. The molecule has 0 aromatic rings. The van der Waals surface area contributed by atoms with Gasteiger partial charge in [0.2, 0.25) is 0 Å². The van der Waals surface area contributed by atoms with Crippen LogP contribution in [0.5, 0.6) is 0 Å². The zero-order chi connectivity index (χ0) is 9.40. The number of rotatable bonds is 7. The summed E-state index contributed by atoms with van der Waals surface area (Å²) in [6.45, 7) is 0. The Bertz CT molecular complexity index is 133. The first-order valence-corrected chi connectivity index (χ1v) is 5.32. The summed E-state index contributed by atoms with van der Waals surface area (Å²) in [7, 11) is 0. The van der Waals surface area contributed by atoms with Crippen LogP contribution in [-0.2, 0) is 4.79 Å². The van der Waals surface area contributed by atoms with E-state index in [2.05, 4.69) is 25.3 Å². The molecule has 0 amide bonds. The molecule has 0 saturated heterocycles. The molecule has 0 aromatic heterocycles. The molecule has 13 heavy (non-hydrogen) atoms. The van der Waals surface area contributed by atoms with E-state index >= 15 is 0 Å². The van der Waals surface area contributed by atoms with Gasteiger partial charge >= 0.3 is 5.97 Å². The maximum Gasteiger partial charge on any atom is 0.303 e. The van der Waals surface area contributed by atoms with Crippen molar-refractivity contribution in [2.45, 2.75) is 37.4 Å². The molecule has 0 aromatic carbocycles. The van der Waals surface area contributed by atoms with Gasteiger partial charge in [0.1, 0.15) is 0 Å². The zero-order valence-corrected chi connectivity index (χ0v) is 11.9. The van der Waals surface area contributed by atoms with Crippen LogP contribution in [0, 0.1) is 0 Å². The molecule has 0 heterocycles. The van der Waals surface area contributed by atoms with Crippen LogP contribution in [-0.4, -0.2) is 51.6 Å². The zero-order valence-electron chi connectivity index (χ0n) is 8.07. The van der Waals surface area contributed by atoms with Crippen LogP contribution < -0.4 is 0 Å². The Balaban J connectivity index is 0. The normalized spacial score (nSPS) is 11.8. The third-order valence-corrected chi connectivity index (χ3v) is 2.41. The molecule has 0 bridgehead atoms. The van der Waals surface area contributed by atoms with Gasteiger partial charge in [-0.05, 0) is 25.0 Å². The van der Waals surface area contributed by atoms with Crippen LogP contribution in [0.1, 0.15) is 32.1 Å². The van der Waals surface area contributed by atoms with E-state index in [4.69, 9.17) is 5.11 Å². The van der Waals surface area contributed by atoms with Crippen LogP contribution in [0.3, 0.4) is 0 Å². The van der Waals surface area contributed by atoms with E-state index in [-0.39, 0.29) is 36.0 Å². The number of unbranched alkanes of at least 4 members (excludes halogenated alkanes) is 1. The fraction of sp³-hybridized carbons (Fsp3) is 0.875. The minimum atomic E-state index is -0.708. The Morgan fingerprint density at radius 2 is 1.92 bits per heavy atom. The van der Waals surface area contributed by atoms with Crippen molar-refractivity contribution in [3.63, 3.8) is 0 Å². The molecule has 1 radical (unpaired) electrons. The van der Waals surface area contributed by atoms with E-state index in [0.717, 1.165) is 31.4 Å². The van der Waals surface area contributed by atoms with Crippen LogP contribution in [0.4, 0.5) is 0 Å². The van der Waals surface area contributed by atoms with Crippen LogP contribution >= 0.6 is 25.3 Å². The first kappa shape index (κ1) is 16.6. The predicted molar refractivity (Wildman–Crippen MR) is 63.1 cm³/mol. The summed E-state index contributed by atoms with van der Waals surface area (Å²) in [5, 5.41) is 8.74. The molecule has 0 aliphatic heterocycles. The van der Waals surface area contributed by atoms with Crippen molar-refractivity contribution in [3.8, 4) is 0 Å². The average molecular weight is 231 g/mol. The molecule has 0 saturated carbocycles. The molecule has 0 rings (SSSR count). The van der Waals surface area contributed by atoms with Gasteiger partial charge < -0.3 is 5.11 Å². The van der Waals surface area contributed by atoms with Crippen molar-refractivity contribution in [2.24, 2.45) is 0 Å². The maximum absolute atomic E-state index is 10.1. The summed E-state index contributed by atoms with van der Waals surface area (Å²) in [6, 6.07) is 0. The van der Waals surface area contributed by atoms with Crippen molar-refractivity contribution in [3.05, 3.63) is 0 Å². The standard InChI is InChI=1S/C8H16O2S2.Na/c9-8(10)4-2-1-3-7(12)5-6-11;/h7,11-12H,1-6H2,(H,9,10);/t7-;/m1./s1. The second-order valence-corrected chi connectivity index (χ2v) is 3.98. The number of carboxylic acid groups (broad SMARTS) is 1. The largest absolute Gasteiger partial charge is 0.481 e. The quantitative estimate of drug-likeness (QED) is 0.355. The van der Waals surface area contributed by atoms with Crippen molar-refractivity contribution >= 4 is 60.8 Å². The number of hydrogen-bond donors (Lipinski definition) is 3. The Labute approximate surface area is 113 Å². The van der Waals surface area contributed by atoms with E-state index < -0.39 is 5.97 Å². The maximum atomic E-state index is 10.1. The third-order valence-electron chi connectivity index (χ3n) is 1.64. The number of aliphatic carboxylic acids is 1. The van der Waals surface area contributed by atoms with Gasteiger partial charge in [-0.2, -0.15) is 25.3 Å². The monoisotopic (exact) mass is 231 g/mol. The Hall–Kier alpha value is 1.17. The van der Waals surface area contributed by atoms with E-state index in [0.29, 0.717) is 5.25 Å². The summed E-state index contributed by atoms with van der Waals surface area (Å²) >= 11 is 8.43. The summed E-state index contributed by atoms with van der Waals surface area (Å²) in [5.41, 5.74) is 0. The minimum absolute atomic E-state index is 0. The molecule has 5 heteroatoms. The van der Waals surface area contributed by atoms with Crippen molar-refractivity contribution in [1.82, 2.24) is 0 Å². The molecule has 1 N–H and O–H groups in total. The second-order valence-electron chi connectivity index (χ2n) is 2.81. The van der Waals surface area contributed by atoms with Gasteiger partial charge in [0.05, 0.1) is 0 Å². The fourth-order valence-electron chi connectivity index (χ4n) is 0.950. The molecule has 2 nitrogen and oxygen atoms in total. The molecule has 0 aliphatic carbocycles. The number of thiol groups is 2. The first-order chi connectivity index (χ1) is 5.66. The Kier molecular flexibility index (Phi) is 14.4. The van der Waals surface area contributed by atoms with E-state index in [1.165, 1.54) is 0 Å². The van der Waals surface area contributed by atoms with E-state index in [1.807, 2.05) is 0 Å². The van der Waals surface area contributed by atoms with Gasteiger partial charge in [-0.15, -0.1) is 0 Å². The summed E-state index contributed by atoms with van der Waals surface area (Å²) in [5.74, 6) is 0.146. The molecular weight excluding hydrogens is 215 g/mol. The fourth-order valence-corrected chi connectivity index (χ4v) is 1.78. The molecule has 1 atom stereocenters. The van der Waals surface area contributed by atoms with Crippen molar-refractivity contribution in [2.75, 3.05) is 5.75 Å². The molecule has 73 valence electrons. The van der Waals surface area contributed by atoms with Gasteiger partial charge in [0.15, 0.2) is 0 Å². The first-order valence-electron chi connectivity index (χ1n) is 4.17. The molecule has 0 fully saturated rings. The molecule has 0 aliphatic rings. The van der Waals surface area contributed by atoms with Crippen LogP contribution in [0.2, 0.25) is 0 Å². The van der Waals surface area contributed by atoms with Gasteiger partial charge in [-0.3, -0.25) is 4.79 Å². The average Bonchev–Trinajstić information content (AvgIpc) is 1.98. The number of carbonyl (C=O) groups is 1. The number of hydrogen-bond acceptors (Lipinski definition) is 3. The number of carboxylic acids is 1. The minimum Gasteiger partial charge on any atom is -0.481 e. The molecular formula is C8H16NaO2S2. The Morgan fingerprint density at radius 3 is 2.38 bits per heavy atom. The molecule has 0 unspecified atom stereocenters. The van der Waals surface area contributed by atoms with Gasteiger partial charge in [-0.1, -0.05) is 6.42 Å². The van der Waals surface area contributed by atoms with E-state index in [9.17, 15) is 4.79 Å². The summed E-state index contributed by atoms with van der Waals surface area (Å²) in [4.78, 5) is 10.1. The second kappa shape index (κ2) is 11.2. The predicted octanol–water partition coefficient (Wildman–Crippen LogP) is 1.87. The van der Waals surface area contributed by atoms with E-state index in [1.54, 1.807) is 0 Å². The SMILES string of the molecule is O=C(O)CCCC[C@@H](S)CCS.[Na]. The van der Waals surface area contributed by atoms with Crippen LogP contribution in [0.25, 0.3) is 0 Å². The summed E-state index contributed by atoms with van der Waals surface area (Å²) < 4.78 is 0. The van der Waals surface area contributed by atoms with Gasteiger partial charge in [0, 0.05) is 41.2 Å². The summed E-state index contributed by atoms with van der Waals surface area (Å²) in [6.07, 6.45) is 3.99. The van der Waals surface area contributed by atoms with Crippen molar-refractivity contribution in [1.29, 1.82) is 0 Å². The van der Waals surface area contributed by atoms with Gasteiger partial charge in [-0.25, -0.2) is 0 Å². The third kappa shape index (κ3) is 13.2. The van der Waals surface area contributed by atoms with Crippen LogP contribution in [0.15, 0.2) is 0 Å². The van der Waals surface area contributed by atoms with Crippen molar-refractivity contribution < 1.29 is 9.90 Å².